The van der Waals surface area contributed by atoms with Crippen LogP contribution >= 0.6 is 0 Å². The molecule has 0 radical (unpaired) electrons. The van der Waals surface area contributed by atoms with Crippen LogP contribution < -0.4 is 5.32 Å². The summed E-state index contributed by atoms with van der Waals surface area (Å²) in [5.74, 6) is -0.104. The van der Waals surface area contributed by atoms with Gasteiger partial charge in [-0.3, -0.25) is 4.79 Å². The van der Waals surface area contributed by atoms with Crippen molar-refractivity contribution >= 4 is 5.91 Å². The van der Waals surface area contributed by atoms with Gasteiger partial charge in [-0.15, -0.1) is 0 Å². The number of benzene rings is 2. The van der Waals surface area contributed by atoms with E-state index in [1.54, 1.807) is 12.1 Å². The molecule has 0 fully saturated rings. The second kappa shape index (κ2) is 6.71. The molecule has 106 valence electrons. The summed E-state index contributed by atoms with van der Waals surface area (Å²) in [6, 6.07) is 17.0. The first-order valence-corrected chi connectivity index (χ1v) is 7.06. The van der Waals surface area contributed by atoms with Crippen molar-refractivity contribution in [3.63, 3.8) is 0 Å². The largest absolute Gasteiger partial charge is 0.350 e. The van der Waals surface area contributed by atoms with Crippen LogP contribution in [0.5, 0.6) is 0 Å². The fraction of sp³-hybridized carbons (Fsp3) is 0.222. The van der Waals surface area contributed by atoms with Gasteiger partial charge in [0.2, 0.25) is 0 Å². The lowest BCUT2D eigenvalue weighted by molar-refractivity contribution is 0.0940. The molecule has 0 heterocycles. The van der Waals surface area contributed by atoms with E-state index in [1.165, 1.54) is 0 Å². The van der Waals surface area contributed by atoms with E-state index in [1.807, 2.05) is 50.2 Å². The molecule has 1 unspecified atom stereocenters. The van der Waals surface area contributed by atoms with Crippen molar-refractivity contribution < 1.29 is 4.79 Å². The van der Waals surface area contributed by atoms with Crippen molar-refractivity contribution in [2.45, 2.75) is 26.3 Å². The van der Waals surface area contributed by atoms with Crippen molar-refractivity contribution in [2.24, 2.45) is 0 Å². The van der Waals surface area contributed by atoms with E-state index >= 15 is 0 Å². The highest BCUT2D eigenvalue weighted by Gasteiger charge is 2.15. The first kappa shape index (κ1) is 14.8. The molecule has 2 aromatic carbocycles. The minimum Gasteiger partial charge on any atom is -0.350 e. The fourth-order valence-electron chi connectivity index (χ4n) is 2.14. The third-order valence-electron chi connectivity index (χ3n) is 3.50. The molecule has 2 aromatic rings. The Labute approximate surface area is 125 Å². The molecule has 0 aromatic heterocycles. The molecule has 3 heteroatoms. The van der Waals surface area contributed by atoms with Gasteiger partial charge in [-0.2, -0.15) is 5.26 Å². The summed E-state index contributed by atoms with van der Waals surface area (Å²) in [5.41, 5.74) is 2.74. The summed E-state index contributed by atoms with van der Waals surface area (Å²) in [6.45, 7) is 4.01. The van der Waals surface area contributed by atoms with Crippen molar-refractivity contribution in [3.8, 4) is 17.2 Å². The van der Waals surface area contributed by atoms with Crippen LogP contribution in [0.25, 0.3) is 11.1 Å². The second-order valence-corrected chi connectivity index (χ2v) is 4.99. The number of hydrogen-bond acceptors (Lipinski definition) is 2. The fourth-order valence-corrected chi connectivity index (χ4v) is 2.14. The topological polar surface area (TPSA) is 52.9 Å². The summed E-state index contributed by atoms with van der Waals surface area (Å²) in [7, 11) is 0. The van der Waals surface area contributed by atoms with E-state index in [9.17, 15) is 10.1 Å². The van der Waals surface area contributed by atoms with E-state index in [2.05, 4.69) is 11.4 Å². The van der Waals surface area contributed by atoms with Gasteiger partial charge in [-0.25, -0.2) is 0 Å². The normalized spacial score (nSPS) is 11.5. The van der Waals surface area contributed by atoms with E-state index in [4.69, 9.17) is 0 Å². The van der Waals surface area contributed by atoms with Crippen LogP contribution in [0.2, 0.25) is 0 Å². The molecular weight excluding hydrogens is 260 g/mol. The van der Waals surface area contributed by atoms with Crippen molar-refractivity contribution in [1.82, 2.24) is 5.32 Å². The SMILES string of the molecule is CCC(C)NC(=O)c1ccccc1-c1ccccc1C#N. The molecule has 2 rings (SSSR count). The number of amides is 1. The molecular formula is C18H18N2O. The van der Waals surface area contributed by atoms with Gasteiger partial charge in [0.1, 0.15) is 0 Å². The van der Waals surface area contributed by atoms with E-state index in [-0.39, 0.29) is 11.9 Å². The lowest BCUT2D eigenvalue weighted by Crippen LogP contribution is -2.32. The predicted octanol–water partition coefficient (Wildman–Crippen LogP) is 3.75. The lowest BCUT2D eigenvalue weighted by atomic mass is 9.95. The van der Waals surface area contributed by atoms with E-state index in [0.29, 0.717) is 11.1 Å². The maximum atomic E-state index is 12.4. The lowest BCUT2D eigenvalue weighted by Gasteiger charge is -2.14. The van der Waals surface area contributed by atoms with Gasteiger partial charge in [-0.1, -0.05) is 43.3 Å². The van der Waals surface area contributed by atoms with Crippen LogP contribution in [-0.4, -0.2) is 11.9 Å². The van der Waals surface area contributed by atoms with Crippen LogP contribution in [0, 0.1) is 11.3 Å². The number of nitrogens with one attached hydrogen (secondary N) is 1. The molecule has 0 aliphatic rings. The number of hydrogen-bond donors (Lipinski definition) is 1. The zero-order valence-corrected chi connectivity index (χ0v) is 12.3. The highest BCUT2D eigenvalue weighted by atomic mass is 16.1. The number of nitriles is 1. The van der Waals surface area contributed by atoms with E-state index in [0.717, 1.165) is 17.5 Å². The first-order valence-electron chi connectivity index (χ1n) is 7.06. The molecule has 0 spiro atoms. The monoisotopic (exact) mass is 278 g/mol. The summed E-state index contributed by atoms with van der Waals surface area (Å²) < 4.78 is 0. The smallest absolute Gasteiger partial charge is 0.252 e. The van der Waals surface area contributed by atoms with Gasteiger partial charge in [0, 0.05) is 17.2 Å². The molecule has 1 amide bonds. The summed E-state index contributed by atoms with van der Waals surface area (Å²) in [6.07, 6.45) is 0.878. The Bertz CT molecular complexity index is 686. The molecule has 21 heavy (non-hydrogen) atoms. The molecule has 0 saturated heterocycles. The molecule has 3 nitrogen and oxygen atoms in total. The second-order valence-electron chi connectivity index (χ2n) is 4.99. The van der Waals surface area contributed by atoms with E-state index < -0.39 is 0 Å². The Hall–Kier alpha value is -2.60. The third kappa shape index (κ3) is 3.29. The number of carbonyl (C=O) groups excluding carboxylic acids is 1. The number of rotatable bonds is 4. The molecule has 0 saturated carbocycles. The van der Waals surface area contributed by atoms with Crippen LogP contribution in [-0.2, 0) is 0 Å². The molecule has 1 N–H and O–H groups in total. The zero-order chi connectivity index (χ0) is 15.2. The average Bonchev–Trinajstić information content (AvgIpc) is 2.54. The maximum absolute atomic E-state index is 12.4. The zero-order valence-electron chi connectivity index (χ0n) is 12.3. The minimum atomic E-state index is -0.104. The summed E-state index contributed by atoms with van der Waals surface area (Å²) in [4.78, 5) is 12.4. The Kier molecular flexibility index (Phi) is 4.73. The minimum absolute atomic E-state index is 0.104. The van der Waals surface area contributed by atoms with Crippen molar-refractivity contribution in [2.75, 3.05) is 0 Å². The Morgan fingerprint density at radius 1 is 1.14 bits per heavy atom. The van der Waals surface area contributed by atoms with Gasteiger partial charge >= 0.3 is 0 Å². The van der Waals surface area contributed by atoms with Crippen molar-refractivity contribution in [3.05, 3.63) is 59.7 Å². The maximum Gasteiger partial charge on any atom is 0.252 e. The third-order valence-corrected chi connectivity index (χ3v) is 3.50. The average molecular weight is 278 g/mol. The first-order chi connectivity index (χ1) is 10.2. The predicted molar refractivity (Wildman–Crippen MR) is 83.8 cm³/mol. The molecule has 0 bridgehead atoms. The van der Waals surface area contributed by atoms with Crippen molar-refractivity contribution in [1.29, 1.82) is 5.26 Å². The summed E-state index contributed by atoms with van der Waals surface area (Å²) >= 11 is 0. The number of nitrogens with zero attached hydrogens (tertiary/aromatic N) is 1. The van der Waals surface area contributed by atoms with Crippen LogP contribution in [0.4, 0.5) is 0 Å². The quantitative estimate of drug-likeness (QED) is 0.926. The van der Waals surface area contributed by atoms with Crippen LogP contribution in [0.15, 0.2) is 48.5 Å². The molecule has 1 atom stereocenters. The van der Waals surface area contributed by atoms with Gasteiger partial charge < -0.3 is 5.32 Å². The standard InChI is InChI=1S/C18H18N2O/c1-3-13(2)20-18(21)17-11-7-6-10-16(17)15-9-5-4-8-14(15)12-19/h4-11,13H,3H2,1-2H3,(H,20,21). The Balaban J connectivity index is 2.47. The van der Waals surface area contributed by atoms with Gasteiger partial charge in [-0.05, 0) is 31.0 Å². The van der Waals surface area contributed by atoms with Crippen LogP contribution in [0.3, 0.4) is 0 Å². The highest BCUT2D eigenvalue weighted by Crippen LogP contribution is 2.26. The van der Waals surface area contributed by atoms with Gasteiger partial charge in [0.25, 0.3) is 5.91 Å². The number of carbonyl (C=O) groups is 1. The highest BCUT2D eigenvalue weighted by molar-refractivity contribution is 6.01. The Morgan fingerprint density at radius 3 is 2.43 bits per heavy atom. The Morgan fingerprint density at radius 2 is 1.76 bits per heavy atom. The molecule has 0 aliphatic carbocycles. The molecule has 0 aliphatic heterocycles. The van der Waals surface area contributed by atoms with Crippen LogP contribution in [0.1, 0.15) is 36.2 Å². The van der Waals surface area contributed by atoms with Gasteiger partial charge in [0.15, 0.2) is 0 Å². The summed E-state index contributed by atoms with van der Waals surface area (Å²) in [5, 5.41) is 12.2. The van der Waals surface area contributed by atoms with Gasteiger partial charge in [0.05, 0.1) is 11.6 Å².